The number of fused-ring (bicyclic) bond motifs is 9. The maximum absolute atomic E-state index is 6.97. The number of allylic oxidation sites excluding steroid dienone is 8. The van der Waals surface area contributed by atoms with Gasteiger partial charge in [0, 0.05) is 22.3 Å². The van der Waals surface area contributed by atoms with E-state index in [-0.39, 0.29) is 0 Å². The summed E-state index contributed by atoms with van der Waals surface area (Å²) in [7, 11) is 0. The predicted octanol–water partition coefficient (Wildman–Crippen LogP) is 10.6. The lowest BCUT2D eigenvalue weighted by atomic mass is 9.65. The minimum atomic E-state index is -0.512. The van der Waals surface area contributed by atoms with E-state index in [9.17, 15) is 0 Å². The molecular formula is C43H34N2O. The molecule has 2 unspecified atom stereocenters. The number of aromatic nitrogens is 2. The van der Waals surface area contributed by atoms with Gasteiger partial charge in [-0.25, -0.2) is 9.97 Å². The standard InChI is InChI=1S/C43H34N2O/c1-27-22-24-29(25-23-27)42-44-38(30-13-4-3-12-28(30)2)26-39(45-42)33-16-11-20-37-41(33)46-40-21-10-9-19-36(40)43(37)34-17-7-5-14-31(34)32-15-6-8-18-35(32)43/h3-11,13-22,24-28H,12,23H2,1-2H3. The number of nitrogens with zero attached hydrogens (tertiary/aromatic N) is 2. The van der Waals surface area contributed by atoms with E-state index in [0.29, 0.717) is 11.8 Å². The molecule has 222 valence electrons. The lowest BCUT2D eigenvalue weighted by Crippen LogP contribution is -2.32. The predicted molar refractivity (Wildman–Crippen MR) is 187 cm³/mol. The molecule has 3 aliphatic carbocycles. The Morgan fingerprint density at radius 3 is 2.11 bits per heavy atom. The molecule has 46 heavy (non-hydrogen) atoms. The van der Waals surface area contributed by atoms with Gasteiger partial charge in [0.15, 0.2) is 5.82 Å². The first-order valence-corrected chi connectivity index (χ1v) is 16.4. The second-order valence-corrected chi connectivity index (χ2v) is 13.0. The maximum Gasteiger partial charge on any atom is 0.160 e. The van der Waals surface area contributed by atoms with Gasteiger partial charge >= 0.3 is 0 Å². The molecule has 3 heteroatoms. The molecule has 0 fully saturated rings. The average Bonchev–Trinajstić information content (AvgIpc) is 3.39. The zero-order valence-electron chi connectivity index (χ0n) is 26.1. The van der Waals surface area contributed by atoms with Crippen molar-refractivity contribution >= 4 is 11.1 Å². The summed E-state index contributed by atoms with van der Waals surface area (Å²) in [6.07, 6.45) is 15.3. The van der Waals surface area contributed by atoms with Crippen molar-refractivity contribution in [1.82, 2.24) is 9.97 Å². The van der Waals surface area contributed by atoms with Crippen molar-refractivity contribution < 1.29 is 4.74 Å². The van der Waals surface area contributed by atoms with Crippen molar-refractivity contribution in [2.75, 3.05) is 0 Å². The number of hydrogen-bond acceptors (Lipinski definition) is 3. The molecular weight excluding hydrogens is 560 g/mol. The third-order valence-electron chi connectivity index (χ3n) is 10.2. The summed E-state index contributed by atoms with van der Waals surface area (Å²) >= 11 is 0. The first-order valence-electron chi connectivity index (χ1n) is 16.4. The molecule has 4 aliphatic rings. The molecule has 2 atom stereocenters. The Balaban J connectivity index is 1.32. The van der Waals surface area contributed by atoms with Crippen LogP contribution >= 0.6 is 0 Å². The maximum atomic E-state index is 6.97. The Morgan fingerprint density at radius 2 is 1.37 bits per heavy atom. The first kappa shape index (κ1) is 27.1. The topological polar surface area (TPSA) is 35.0 Å². The van der Waals surface area contributed by atoms with Crippen LogP contribution in [-0.2, 0) is 5.41 Å². The second-order valence-electron chi connectivity index (χ2n) is 13.0. The number of para-hydroxylation sites is 2. The van der Waals surface area contributed by atoms with E-state index >= 15 is 0 Å². The first-order chi connectivity index (χ1) is 22.6. The second kappa shape index (κ2) is 10.4. The van der Waals surface area contributed by atoms with Gasteiger partial charge in [-0.3, -0.25) is 0 Å². The molecule has 5 aromatic rings. The Morgan fingerprint density at radius 1 is 0.696 bits per heavy atom. The summed E-state index contributed by atoms with van der Waals surface area (Å²) < 4.78 is 6.97. The normalized spacial score (nSPS) is 19.8. The van der Waals surface area contributed by atoms with Gasteiger partial charge < -0.3 is 4.74 Å². The van der Waals surface area contributed by atoms with Gasteiger partial charge in [0.2, 0.25) is 0 Å². The van der Waals surface area contributed by atoms with E-state index in [4.69, 9.17) is 14.7 Å². The van der Waals surface area contributed by atoms with Crippen LogP contribution in [0.4, 0.5) is 0 Å². The molecule has 3 nitrogen and oxygen atoms in total. The number of ether oxygens (including phenoxy) is 1. The van der Waals surface area contributed by atoms with Crippen LogP contribution in [0.3, 0.4) is 0 Å². The van der Waals surface area contributed by atoms with Gasteiger partial charge in [0.05, 0.1) is 16.8 Å². The molecule has 4 aromatic carbocycles. The Labute approximate surface area is 270 Å². The van der Waals surface area contributed by atoms with E-state index in [0.717, 1.165) is 58.3 Å². The summed E-state index contributed by atoms with van der Waals surface area (Å²) in [6.45, 7) is 4.52. The van der Waals surface area contributed by atoms with E-state index in [1.54, 1.807) is 0 Å². The van der Waals surface area contributed by atoms with Crippen molar-refractivity contribution in [2.24, 2.45) is 11.8 Å². The van der Waals surface area contributed by atoms with Crippen molar-refractivity contribution in [2.45, 2.75) is 32.1 Å². The van der Waals surface area contributed by atoms with E-state index in [2.05, 4.69) is 147 Å². The molecule has 0 bridgehead atoms. The molecule has 0 radical (unpaired) electrons. The van der Waals surface area contributed by atoms with Crippen LogP contribution in [0.1, 0.15) is 60.5 Å². The summed E-state index contributed by atoms with van der Waals surface area (Å²) in [6, 6.07) is 35.0. The zero-order chi connectivity index (χ0) is 30.8. The summed E-state index contributed by atoms with van der Waals surface area (Å²) in [5.41, 5.74) is 12.1. The fourth-order valence-corrected chi connectivity index (χ4v) is 7.92. The molecule has 1 aromatic heterocycles. The summed E-state index contributed by atoms with van der Waals surface area (Å²) in [5.74, 6) is 3.39. The van der Waals surface area contributed by atoms with Crippen molar-refractivity contribution in [3.8, 4) is 33.9 Å². The third kappa shape index (κ3) is 3.91. The fourth-order valence-electron chi connectivity index (χ4n) is 7.92. The van der Waals surface area contributed by atoms with Gasteiger partial charge in [-0.15, -0.1) is 0 Å². The van der Waals surface area contributed by atoms with Gasteiger partial charge in [0.25, 0.3) is 0 Å². The smallest absolute Gasteiger partial charge is 0.160 e. The van der Waals surface area contributed by atoms with E-state index in [1.807, 2.05) is 0 Å². The lowest BCUT2D eigenvalue weighted by molar-refractivity contribution is 0.438. The van der Waals surface area contributed by atoms with Crippen LogP contribution in [0, 0.1) is 11.8 Å². The average molecular weight is 595 g/mol. The van der Waals surface area contributed by atoms with Gasteiger partial charge in [-0.05, 0) is 70.7 Å². The molecule has 0 amide bonds. The monoisotopic (exact) mass is 594 g/mol. The summed E-state index contributed by atoms with van der Waals surface area (Å²) in [4.78, 5) is 10.5. The molecule has 1 spiro atoms. The van der Waals surface area contributed by atoms with Crippen molar-refractivity contribution in [3.05, 3.63) is 167 Å². The highest BCUT2D eigenvalue weighted by molar-refractivity contribution is 5.90. The van der Waals surface area contributed by atoms with Crippen molar-refractivity contribution in [1.29, 1.82) is 0 Å². The number of benzene rings is 4. The van der Waals surface area contributed by atoms with Crippen LogP contribution in [0.5, 0.6) is 11.5 Å². The molecule has 0 N–H and O–H groups in total. The fraction of sp³-hybridized carbons (Fsp3) is 0.163. The highest BCUT2D eigenvalue weighted by atomic mass is 16.5. The highest BCUT2D eigenvalue weighted by Crippen LogP contribution is 2.63. The van der Waals surface area contributed by atoms with Gasteiger partial charge in [-0.1, -0.05) is 129 Å². The molecule has 1 aliphatic heterocycles. The van der Waals surface area contributed by atoms with E-state index < -0.39 is 5.41 Å². The van der Waals surface area contributed by atoms with Crippen molar-refractivity contribution in [3.63, 3.8) is 0 Å². The highest BCUT2D eigenvalue weighted by Gasteiger charge is 2.51. The molecule has 2 heterocycles. The quantitative estimate of drug-likeness (QED) is 0.204. The zero-order valence-corrected chi connectivity index (χ0v) is 26.1. The number of rotatable bonds is 3. The van der Waals surface area contributed by atoms with Crippen LogP contribution in [0.25, 0.3) is 33.5 Å². The summed E-state index contributed by atoms with van der Waals surface area (Å²) in [5, 5.41) is 0. The van der Waals surface area contributed by atoms with Crippen LogP contribution in [0.15, 0.2) is 134 Å². The Hall–Kier alpha value is -5.28. The molecule has 0 saturated heterocycles. The molecule has 0 saturated carbocycles. The van der Waals surface area contributed by atoms with E-state index in [1.165, 1.54) is 33.4 Å². The van der Waals surface area contributed by atoms with Crippen LogP contribution in [0.2, 0.25) is 0 Å². The largest absolute Gasteiger partial charge is 0.456 e. The Kier molecular flexibility index (Phi) is 6.11. The number of hydrogen-bond donors (Lipinski definition) is 0. The van der Waals surface area contributed by atoms with Gasteiger partial charge in [0.1, 0.15) is 11.5 Å². The van der Waals surface area contributed by atoms with Gasteiger partial charge in [-0.2, -0.15) is 0 Å². The minimum Gasteiger partial charge on any atom is -0.456 e. The SMILES string of the molecule is CC1C=CC(c2nc(C3=CC=CCC3C)cc(-c3cccc4c3Oc3ccccc3C43c4ccccc4-c4ccccc43)n2)=CC1. The van der Waals surface area contributed by atoms with Crippen LogP contribution in [-0.4, -0.2) is 9.97 Å². The minimum absolute atomic E-state index is 0.374. The Bertz CT molecular complexity index is 2140. The third-order valence-corrected chi connectivity index (χ3v) is 10.2. The lowest BCUT2D eigenvalue weighted by Gasteiger charge is -2.40. The van der Waals surface area contributed by atoms with Crippen LogP contribution < -0.4 is 4.74 Å². The molecule has 9 rings (SSSR count).